The van der Waals surface area contributed by atoms with Crippen LogP contribution in [0.2, 0.25) is 0 Å². The van der Waals surface area contributed by atoms with Crippen LogP contribution >= 0.6 is 0 Å². The average Bonchev–Trinajstić information content (AvgIpc) is 2.38. The molecule has 1 aromatic rings. The second-order valence-corrected chi connectivity index (χ2v) is 3.84. The highest BCUT2D eigenvalue weighted by Crippen LogP contribution is 2.01. The van der Waals surface area contributed by atoms with Gasteiger partial charge in [0.2, 0.25) is 0 Å². The van der Waals surface area contributed by atoms with Crippen LogP contribution in [0.1, 0.15) is 12.5 Å². The zero-order valence-electron chi connectivity index (χ0n) is 10.8. The lowest BCUT2D eigenvalue weighted by Gasteiger charge is -2.06. The summed E-state index contributed by atoms with van der Waals surface area (Å²) in [6, 6.07) is 9.59. The fraction of sp³-hybridized carbons (Fsp3) is 0.357. The lowest BCUT2D eigenvalue weighted by atomic mass is 10.2. The summed E-state index contributed by atoms with van der Waals surface area (Å²) in [4.78, 5) is 11.5. The Labute approximate surface area is 108 Å². The number of benzene rings is 1. The maximum atomic E-state index is 11.5. The summed E-state index contributed by atoms with van der Waals surface area (Å²) >= 11 is 0. The SMILES string of the molecule is COCCNC(C)=CC(=O)OCc1ccccc1. The second kappa shape index (κ2) is 8.31. The molecule has 98 valence electrons. The van der Waals surface area contributed by atoms with Crippen molar-refractivity contribution in [3.05, 3.63) is 47.7 Å². The van der Waals surface area contributed by atoms with Crippen molar-refractivity contribution in [2.75, 3.05) is 20.3 Å². The van der Waals surface area contributed by atoms with E-state index in [0.717, 1.165) is 11.3 Å². The Morgan fingerprint density at radius 3 is 2.72 bits per heavy atom. The molecule has 0 atom stereocenters. The van der Waals surface area contributed by atoms with Gasteiger partial charge in [-0.05, 0) is 12.5 Å². The highest BCUT2D eigenvalue weighted by atomic mass is 16.5. The van der Waals surface area contributed by atoms with E-state index in [1.807, 2.05) is 37.3 Å². The number of esters is 1. The van der Waals surface area contributed by atoms with Crippen LogP contribution in [0.4, 0.5) is 0 Å². The molecule has 0 heterocycles. The Morgan fingerprint density at radius 2 is 2.06 bits per heavy atom. The lowest BCUT2D eigenvalue weighted by molar-refractivity contribution is -0.139. The van der Waals surface area contributed by atoms with Crippen molar-refractivity contribution in [1.29, 1.82) is 0 Å². The molecule has 0 saturated heterocycles. The van der Waals surface area contributed by atoms with Gasteiger partial charge < -0.3 is 14.8 Å². The molecule has 4 heteroatoms. The maximum absolute atomic E-state index is 11.5. The second-order valence-electron chi connectivity index (χ2n) is 3.84. The minimum absolute atomic E-state index is 0.293. The lowest BCUT2D eigenvalue weighted by Crippen LogP contribution is -2.18. The van der Waals surface area contributed by atoms with Gasteiger partial charge in [-0.1, -0.05) is 30.3 Å². The maximum Gasteiger partial charge on any atom is 0.332 e. The first-order valence-corrected chi connectivity index (χ1v) is 5.84. The number of hydrogen-bond acceptors (Lipinski definition) is 4. The summed E-state index contributed by atoms with van der Waals surface area (Å²) in [6.07, 6.45) is 1.44. The number of hydrogen-bond donors (Lipinski definition) is 1. The van der Waals surface area contributed by atoms with Crippen molar-refractivity contribution in [1.82, 2.24) is 5.32 Å². The van der Waals surface area contributed by atoms with Crippen molar-refractivity contribution in [3.63, 3.8) is 0 Å². The van der Waals surface area contributed by atoms with Crippen molar-refractivity contribution < 1.29 is 14.3 Å². The molecule has 0 aliphatic heterocycles. The molecular weight excluding hydrogens is 230 g/mol. The molecule has 18 heavy (non-hydrogen) atoms. The van der Waals surface area contributed by atoms with Crippen LogP contribution in [0.25, 0.3) is 0 Å². The van der Waals surface area contributed by atoms with E-state index in [-0.39, 0.29) is 5.97 Å². The van der Waals surface area contributed by atoms with Crippen LogP contribution in [0.3, 0.4) is 0 Å². The standard InChI is InChI=1S/C14H19NO3/c1-12(15-8-9-17-2)10-14(16)18-11-13-6-4-3-5-7-13/h3-7,10,15H,8-9,11H2,1-2H3. The largest absolute Gasteiger partial charge is 0.458 e. The van der Waals surface area contributed by atoms with Gasteiger partial charge in [0.1, 0.15) is 6.61 Å². The average molecular weight is 249 g/mol. The molecule has 1 rings (SSSR count). The van der Waals surface area contributed by atoms with Crippen molar-refractivity contribution in [2.45, 2.75) is 13.5 Å². The predicted molar refractivity (Wildman–Crippen MR) is 69.9 cm³/mol. The molecule has 4 nitrogen and oxygen atoms in total. The number of methoxy groups -OCH3 is 1. The first-order valence-electron chi connectivity index (χ1n) is 5.84. The summed E-state index contributed by atoms with van der Waals surface area (Å²) in [5, 5.41) is 3.05. The van der Waals surface area contributed by atoms with E-state index in [1.54, 1.807) is 7.11 Å². The summed E-state index contributed by atoms with van der Waals surface area (Å²) in [6.45, 7) is 3.38. The summed E-state index contributed by atoms with van der Waals surface area (Å²) in [5.74, 6) is -0.346. The van der Waals surface area contributed by atoms with Gasteiger partial charge in [-0.15, -0.1) is 0 Å². The van der Waals surface area contributed by atoms with Crippen LogP contribution in [-0.4, -0.2) is 26.2 Å². The Balaban J connectivity index is 2.30. The first kappa shape index (κ1) is 14.3. The van der Waals surface area contributed by atoms with Gasteiger partial charge in [0.15, 0.2) is 0 Å². The molecule has 0 unspecified atom stereocenters. The summed E-state index contributed by atoms with van der Waals surface area (Å²) in [5.41, 5.74) is 1.74. The zero-order chi connectivity index (χ0) is 13.2. The fourth-order valence-corrected chi connectivity index (χ4v) is 1.35. The van der Waals surface area contributed by atoms with Crippen LogP contribution in [0.5, 0.6) is 0 Å². The molecule has 0 aliphatic rings. The number of carbonyl (C=O) groups excluding carboxylic acids is 1. The third-order valence-electron chi connectivity index (χ3n) is 2.27. The molecule has 1 aromatic carbocycles. The predicted octanol–water partition coefficient (Wildman–Crippen LogP) is 1.87. The normalized spacial score (nSPS) is 11.1. The fourth-order valence-electron chi connectivity index (χ4n) is 1.35. The molecule has 0 spiro atoms. The molecule has 0 amide bonds. The van der Waals surface area contributed by atoms with E-state index in [1.165, 1.54) is 6.08 Å². The molecule has 0 aromatic heterocycles. The third kappa shape index (κ3) is 6.06. The smallest absolute Gasteiger partial charge is 0.332 e. The van der Waals surface area contributed by atoms with Gasteiger partial charge in [0.05, 0.1) is 6.61 Å². The minimum atomic E-state index is -0.346. The molecular formula is C14H19NO3. The van der Waals surface area contributed by atoms with Crippen LogP contribution < -0.4 is 5.32 Å². The van der Waals surface area contributed by atoms with Gasteiger partial charge in [0.25, 0.3) is 0 Å². The van der Waals surface area contributed by atoms with Crippen LogP contribution in [-0.2, 0) is 20.9 Å². The van der Waals surface area contributed by atoms with E-state index in [9.17, 15) is 4.79 Å². The monoisotopic (exact) mass is 249 g/mol. The molecule has 0 fully saturated rings. The number of carbonyl (C=O) groups is 1. The van der Waals surface area contributed by atoms with Crippen molar-refractivity contribution in [3.8, 4) is 0 Å². The quantitative estimate of drug-likeness (QED) is 0.455. The molecule has 0 bridgehead atoms. The molecule has 0 aliphatic carbocycles. The molecule has 0 radical (unpaired) electrons. The Hall–Kier alpha value is -1.81. The van der Waals surface area contributed by atoms with Crippen molar-refractivity contribution in [2.24, 2.45) is 0 Å². The van der Waals surface area contributed by atoms with E-state index < -0.39 is 0 Å². The zero-order valence-corrected chi connectivity index (χ0v) is 10.8. The number of allylic oxidation sites excluding steroid dienone is 1. The van der Waals surface area contributed by atoms with Crippen molar-refractivity contribution >= 4 is 5.97 Å². The van der Waals surface area contributed by atoms with Gasteiger partial charge in [-0.25, -0.2) is 4.79 Å². The molecule has 1 N–H and O–H groups in total. The van der Waals surface area contributed by atoms with Gasteiger partial charge in [-0.2, -0.15) is 0 Å². The van der Waals surface area contributed by atoms with Gasteiger partial charge in [-0.3, -0.25) is 0 Å². The topological polar surface area (TPSA) is 47.6 Å². The Bertz CT molecular complexity index is 387. The highest BCUT2D eigenvalue weighted by molar-refractivity contribution is 5.82. The van der Waals surface area contributed by atoms with Crippen LogP contribution in [0.15, 0.2) is 42.1 Å². The Morgan fingerprint density at radius 1 is 1.33 bits per heavy atom. The van der Waals surface area contributed by atoms with E-state index in [4.69, 9.17) is 9.47 Å². The Kier molecular flexibility index (Phi) is 6.58. The molecule has 0 saturated carbocycles. The number of rotatable bonds is 7. The number of ether oxygens (including phenoxy) is 2. The highest BCUT2D eigenvalue weighted by Gasteiger charge is 2.00. The summed E-state index contributed by atoms with van der Waals surface area (Å²) < 4.78 is 10.0. The van der Waals surface area contributed by atoms with E-state index >= 15 is 0 Å². The van der Waals surface area contributed by atoms with E-state index in [2.05, 4.69) is 5.32 Å². The van der Waals surface area contributed by atoms with Crippen LogP contribution in [0, 0.1) is 0 Å². The number of nitrogens with one attached hydrogen (secondary N) is 1. The van der Waals surface area contributed by atoms with E-state index in [0.29, 0.717) is 19.8 Å². The van der Waals surface area contributed by atoms with Gasteiger partial charge in [0, 0.05) is 25.4 Å². The van der Waals surface area contributed by atoms with Gasteiger partial charge >= 0.3 is 5.97 Å². The minimum Gasteiger partial charge on any atom is -0.458 e. The third-order valence-corrected chi connectivity index (χ3v) is 2.27. The first-order chi connectivity index (χ1) is 8.72. The summed E-state index contributed by atoms with van der Waals surface area (Å²) in [7, 11) is 1.63.